The number of aromatic nitrogens is 2. The van der Waals surface area contributed by atoms with Crippen molar-refractivity contribution in [3.8, 4) is 0 Å². The van der Waals surface area contributed by atoms with E-state index < -0.39 is 0 Å². The van der Waals surface area contributed by atoms with E-state index in [0.717, 1.165) is 64.1 Å². The lowest BCUT2D eigenvalue weighted by atomic mass is 10.1. The van der Waals surface area contributed by atoms with Gasteiger partial charge in [0.1, 0.15) is 12.0 Å². The van der Waals surface area contributed by atoms with Gasteiger partial charge in [0.2, 0.25) is 0 Å². The molecule has 0 spiro atoms. The second kappa shape index (κ2) is 9.77. The minimum atomic E-state index is 0.547. The molecule has 1 aliphatic rings. The number of hydrogen-bond donors (Lipinski definition) is 2. The molecule has 1 fully saturated rings. The molecular weight excluding hydrogens is 316 g/mol. The summed E-state index contributed by atoms with van der Waals surface area (Å²) in [5, 5.41) is 3.38. The van der Waals surface area contributed by atoms with Gasteiger partial charge in [0.15, 0.2) is 11.6 Å². The Morgan fingerprint density at radius 2 is 1.80 bits per heavy atom. The average Bonchev–Trinajstić information content (AvgIpc) is 2.56. The molecule has 0 unspecified atom stereocenters. The van der Waals surface area contributed by atoms with Crippen LogP contribution < -0.4 is 16.0 Å². The standard InChI is InChI=1S/C18H34N6O/c1-14(2)11-24(12-15(3)4)18-16(19)17(21-13-22-18)20-5-6-23-7-9-25-10-8-23/h13-15H,5-12,19H2,1-4H3,(H,20,21,22). The second-order valence-corrected chi connectivity index (χ2v) is 7.53. The summed E-state index contributed by atoms with van der Waals surface area (Å²) in [4.78, 5) is 13.5. The molecule has 1 saturated heterocycles. The fourth-order valence-electron chi connectivity index (χ4n) is 3.07. The Morgan fingerprint density at radius 3 is 2.40 bits per heavy atom. The Morgan fingerprint density at radius 1 is 1.16 bits per heavy atom. The Bertz CT molecular complexity index is 506. The van der Waals surface area contributed by atoms with Crippen LogP contribution in [0.25, 0.3) is 0 Å². The normalized spacial score (nSPS) is 15.8. The number of morpholine rings is 1. The molecule has 0 saturated carbocycles. The van der Waals surface area contributed by atoms with E-state index in [1.54, 1.807) is 6.33 Å². The van der Waals surface area contributed by atoms with Gasteiger partial charge < -0.3 is 20.7 Å². The van der Waals surface area contributed by atoms with Gasteiger partial charge in [0, 0.05) is 39.3 Å². The highest BCUT2D eigenvalue weighted by atomic mass is 16.5. The zero-order chi connectivity index (χ0) is 18.2. The van der Waals surface area contributed by atoms with Crippen molar-refractivity contribution in [2.24, 2.45) is 11.8 Å². The molecule has 142 valence electrons. The van der Waals surface area contributed by atoms with Gasteiger partial charge in [-0.15, -0.1) is 0 Å². The maximum atomic E-state index is 6.39. The first kappa shape index (κ1) is 19.7. The van der Waals surface area contributed by atoms with Crippen LogP contribution in [0.15, 0.2) is 6.33 Å². The maximum absolute atomic E-state index is 6.39. The van der Waals surface area contributed by atoms with Crippen molar-refractivity contribution in [2.45, 2.75) is 27.7 Å². The molecule has 1 aromatic rings. The molecule has 0 aromatic carbocycles. The number of nitrogens with two attached hydrogens (primary N) is 1. The van der Waals surface area contributed by atoms with Crippen LogP contribution >= 0.6 is 0 Å². The van der Waals surface area contributed by atoms with Crippen molar-refractivity contribution in [3.05, 3.63) is 6.33 Å². The van der Waals surface area contributed by atoms with Crippen LogP contribution in [0, 0.1) is 11.8 Å². The first-order chi connectivity index (χ1) is 12.0. The third-order valence-corrected chi connectivity index (χ3v) is 4.16. The summed E-state index contributed by atoms with van der Waals surface area (Å²) in [5.41, 5.74) is 7.04. The largest absolute Gasteiger partial charge is 0.393 e. The van der Waals surface area contributed by atoms with Gasteiger partial charge in [-0.1, -0.05) is 27.7 Å². The Labute approximate surface area is 151 Å². The molecule has 0 bridgehead atoms. The highest BCUT2D eigenvalue weighted by molar-refractivity contribution is 5.74. The first-order valence-electron chi connectivity index (χ1n) is 9.36. The van der Waals surface area contributed by atoms with Gasteiger partial charge in [-0.05, 0) is 11.8 Å². The first-order valence-corrected chi connectivity index (χ1v) is 9.36. The van der Waals surface area contributed by atoms with Gasteiger partial charge in [0.05, 0.1) is 13.2 Å². The fourth-order valence-corrected chi connectivity index (χ4v) is 3.07. The van der Waals surface area contributed by atoms with Gasteiger partial charge >= 0.3 is 0 Å². The summed E-state index contributed by atoms with van der Waals surface area (Å²) in [6.45, 7) is 16.1. The third kappa shape index (κ3) is 6.32. The van der Waals surface area contributed by atoms with Gasteiger partial charge in [-0.25, -0.2) is 9.97 Å². The molecule has 0 amide bonds. The summed E-state index contributed by atoms with van der Waals surface area (Å²) in [5.74, 6) is 2.67. The molecule has 2 rings (SSSR count). The van der Waals surface area contributed by atoms with Crippen LogP contribution in [0.3, 0.4) is 0 Å². The fraction of sp³-hybridized carbons (Fsp3) is 0.778. The summed E-state index contributed by atoms with van der Waals surface area (Å²) in [6.07, 6.45) is 1.61. The molecular formula is C18H34N6O. The summed E-state index contributed by atoms with van der Waals surface area (Å²) in [7, 11) is 0. The predicted molar refractivity (Wildman–Crippen MR) is 104 cm³/mol. The molecule has 7 nitrogen and oxygen atoms in total. The lowest BCUT2D eigenvalue weighted by Crippen LogP contribution is -2.39. The van der Waals surface area contributed by atoms with Gasteiger partial charge in [0.25, 0.3) is 0 Å². The smallest absolute Gasteiger partial charge is 0.157 e. The van der Waals surface area contributed by atoms with Crippen molar-refractivity contribution in [3.63, 3.8) is 0 Å². The SMILES string of the molecule is CC(C)CN(CC(C)C)c1ncnc(NCCN2CCOCC2)c1N. The molecule has 0 radical (unpaired) electrons. The van der Waals surface area contributed by atoms with Gasteiger partial charge in [-0.3, -0.25) is 4.90 Å². The number of nitrogens with zero attached hydrogens (tertiary/aromatic N) is 4. The van der Waals surface area contributed by atoms with E-state index in [4.69, 9.17) is 10.5 Å². The molecule has 7 heteroatoms. The highest BCUT2D eigenvalue weighted by Gasteiger charge is 2.17. The second-order valence-electron chi connectivity index (χ2n) is 7.53. The lowest BCUT2D eigenvalue weighted by molar-refractivity contribution is 0.0398. The quantitative estimate of drug-likeness (QED) is 0.704. The number of anilines is 3. The number of nitrogen functional groups attached to an aromatic ring is 1. The van der Waals surface area contributed by atoms with Crippen LogP contribution in [0.2, 0.25) is 0 Å². The van der Waals surface area contributed by atoms with Crippen LogP contribution in [-0.2, 0) is 4.74 Å². The summed E-state index contributed by atoms with van der Waals surface area (Å²) in [6, 6.07) is 0. The van der Waals surface area contributed by atoms with Crippen LogP contribution in [0.5, 0.6) is 0 Å². The number of rotatable bonds is 9. The Kier molecular flexibility index (Phi) is 7.71. The van der Waals surface area contributed by atoms with E-state index in [1.807, 2.05) is 0 Å². The van der Waals surface area contributed by atoms with Crippen molar-refractivity contribution in [2.75, 3.05) is 68.4 Å². The number of hydrogen-bond acceptors (Lipinski definition) is 7. The molecule has 0 atom stereocenters. The average molecular weight is 351 g/mol. The summed E-state index contributed by atoms with van der Waals surface area (Å²) >= 11 is 0. The van der Waals surface area contributed by atoms with Crippen molar-refractivity contribution >= 4 is 17.3 Å². The zero-order valence-corrected chi connectivity index (χ0v) is 16.2. The van der Waals surface area contributed by atoms with Crippen LogP contribution in [0.1, 0.15) is 27.7 Å². The molecule has 1 aliphatic heterocycles. The molecule has 25 heavy (non-hydrogen) atoms. The van der Waals surface area contributed by atoms with E-state index in [0.29, 0.717) is 17.5 Å². The van der Waals surface area contributed by atoms with E-state index in [-0.39, 0.29) is 0 Å². The lowest BCUT2D eigenvalue weighted by Gasteiger charge is -2.29. The van der Waals surface area contributed by atoms with Crippen molar-refractivity contribution in [1.29, 1.82) is 0 Å². The van der Waals surface area contributed by atoms with Gasteiger partial charge in [-0.2, -0.15) is 0 Å². The Balaban J connectivity index is 2.00. The Hall–Kier alpha value is -1.60. The van der Waals surface area contributed by atoms with Crippen LogP contribution in [-0.4, -0.2) is 67.4 Å². The molecule has 3 N–H and O–H groups in total. The van der Waals surface area contributed by atoms with E-state index in [2.05, 4.69) is 52.8 Å². The van der Waals surface area contributed by atoms with Crippen LogP contribution in [0.4, 0.5) is 17.3 Å². The number of nitrogens with one attached hydrogen (secondary N) is 1. The monoisotopic (exact) mass is 350 g/mol. The molecule has 0 aliphatic carbocycles. The van der Waals surface area contributed by atoms with E-state index in [9.17, 15) is 0 Å². The topological polar surface area (TPSA) is 79.5 Å². The third-order valence-electron chi connectivity index (χ3n) is 4.16. The zero-order valence-electron chi connectivity index (χ0n) is 16.2. The predicted octanol–water partition coefficient (Wildman–Crippen LogP) is 1.92. The number of ether oxygens (including phenoxy) is 1. The highest BCUT2D eigenvalue weighted by Crippen LogP contribution is 2.27. The van der Waals surface area contributed by atoms with E-state index in [1.165, 1.54) is 0 Å². The maximum Gasteiger partial charge on any atom is 0.157 e. The minimum absolute atomic E-state index is 0.547. The molecule has 1 aromatic heterocycles. The summed E-state index contributed by atoms with van der Waals surface area (Å²) < 4.78 is 5.38. The molecule has 2 heterocycles. The minimum Gasteiger partial charge on any atom is -0.393 e. The van der Waals surface area contributed by atoms with Crippen molar-refractivity contribution in [1.82, 2.24) is 14.9 Å². The van der Waals surface area contributed by atoms with E-state index >= 15 is 0 Å². The van der Waals surface area contributed by atoms with Crippen molar-refractivity contribution < 1.29 is 4.74 Å².